The van der Waals surface area contributed by atoms with Gasteiger partial charge in [0.1, 0.15) is 0 Å². The van der Waals surface area contributed by atoms with Gasteiger partial charge in [0.2, 0.25) is 11.0 Å². The van der Waals surface area contributed by atoms with Crippen molar-refractivity contribution in [2.75, 3.05) is 12.4 Å². The molecule has 1 heterocycles. The van der Waals surface area contributed by atoms with Crippen molar-refractivity contribution in [3.63, 3.8) is 0 Å². The number of benzene rings is 1. The van der Waals surface area contributed by atoms with E-state index in [4.69, 9.17) is 5.11 Å². The van der Waals surface area contributed by atoms with Gasteiger partial charge in [-0.05, 0) is 22.6 Å². The van der Waals surface area contributed by atoms with Crippen LogP contribution in [-0.4, -0.2) is 22.6 Å². The van der Waals surface area contributed by atoms with Crippen molar-refractivity contribution in [2.24, 2.45) is 0 Å². The summed E-state index contributed by atoms with van der Waals surface area (Å²) >= 11 is 1.61. The average Bonchev–Trinajstić information content (AvgIpc) is 2.61. The molecule has 1 aromatic carbocycles. The fourth-order valence-corrected chi connectivity index (χ4v) is 1.95. The van der Waals surface area contributed by atoms with Gasteiger partial charge in [0, 0.05) is 16.7 Å². The van der Waals surface area contributed by atoms with Gasteiger partial charge in [-0.3, -0.25) is 4.63 Å². The van der Waals surface area contributed by atoms with E-state index in [9.17, 15) is 5.21 Å². The highest BCUT2D eigenvalue weighted by atomic mass is 32.2. The molecule has 1 aromatic heterocycles. The number of thioether (sulfide) groups is 1. The lowest BCUT2D eigenvalue weighted by molar-refractivity contribution is -0.782. The fraction of sp³-hybridized carbons (Fsp3) is 0.333. The summed E-state index contributed by atoms with van der Waals surface area (Å²) in [4.78, 5) is 0.398. The first-order chi connectivity index (χ1) is 7.31. The molecule has 15 heavy (non-hydrogen) atoms. The van der Waals surface area contributed by atoms with E-state index in [0.29, 0.717) is 21.7 Å². The molecular weight excluding hydrogens is 216 g/mol. The molecule has 0 aliphatic heterocycles. The third kappa shape index (κ3) is 2.21. The molecule has 0 saturated heterocycles. The molecule has 6 heteroatoms. The molecule has 5 nitrogen and oxygen atoms in total. The number of fused-ring (bicyclic) bond motifs is 1. The van der Waals surface area contributed by atoms with Crippen LogP contribution in [0.5, 0.6) is 0 Å². The maximum atomic E-state index is 11.1. The zero-order valence-corrected chi connectivity index (χ0v) is 8.74. The summed E-state index contributed by atoms with van der Waals surface area (Å²) in [5, 5.41) is 23.3. The van der Waals surface area contributed by atoms with E-state index in [2.05, 4.69) is 9.79 Å². The van der Waals surface area contributed by atoms with Crippen LogP contribution in [0.15, 0.2) is 22.8 Å². The highest BCUT2D eigenvalue weighted by Gasteiger charge is 2.09. The summed E-state index contributed by atoms with van der Waals surface area (Å²) in [6, 6.07) is 5.40. The highest BCUT2D eigenvalue weighted by Crippen LogP contribution is 2.15. The van der Waals surface area contributed by atoms with Gasteiger partial charge >= 0.3 is 0 Å². The normalized spacial score (nSPS) is 11.0. The number of aliphatic hydroxyl groups is 1. The second kappa shape index (κ2) is 4.50. The summed E-state index contributed by atoms with van der Waals surface area (Å²) in [7, 11) is 0. The van der Waals surface area contributed by atoms with Gasteiger partial charge in [-0.15, -0.1) is 0 Å². The Labute approximate surface area is 90.2 Å². The monoisotopic (exact) mass is 226 g/mol. The molecule has 80 valence electrons. The molecule has 2 rings (SSSR count). The van der Waals surface area contributed by atoms with E-state index in [1.54, 1.807) is 23.9 Å². The van der Waals surface area contributed by atoms with Crippen LogP contribution in [-0.2, 0) is 5.75 Å². The molecule has 0 saturated carbocycles. The Morgan fingerprint density at radius 3 is 3.20 bits per heavy atom. The Bertz CT molecular complexity index is 458. The zero-order valence-electron chi connectivity index (χ0n) is 7.92. The third-order valence-corrected chi connectivity index (χ3v) is 2.96. The number of hydrogen-bond donors (Lipinski definition) is 1. The quantitative estimate of drug-likeness (QED) is 0.613. The van der Waals surface area contributed by atoms with Crippen LogP contribution in [0.1, 0.15) is 5.56 Å². The van der Waals surface area contributed by atoms with Gasteiger partial charge in [-0.25, -0.2) is 0 Å². The largest absolute Gasteiger partial charge is 0.396 e. The van der Waals surface area contributed by atoms with E-state index < -0.39 is 0 Å². The molecule has 0 aliphatic carbocycles. The molecule has 1 N–H and O–H groups in total. The summed E-state index contributed by atoms with van der Waals surface area (Å²) in [6.07, 6.45) is 0. The Hall–Kier alpha value is -1.27. The Morgan fingerprint density at radius 2 is 2.40 bits per heavy atom. The van der Waals surface area contributed by atoms with Gasteiger partial charge < -0.3 is 10.3 Å². The van der Waals surface area contributed by atoms with E-state index in [1.807, 2.05) is 6.07 Å². The fourth-order valence-electron chi connectivity index (χ4n) is 1.26. The number of aliphatic hydroxyl groups excluding tert-OH is 1. The minimum Gasteiger partial charge on any atom is -0.396 e. The molecule has 0 fully saturated rings. The summed E-state index contributed by atoms with van der Waals surface area (Å²) in [5.74, 6) is 1.46. The lowest BCUT2D eigenvalue weighted by Gasteiger charge is -1.98. The van der Waals surface area contributed by atoms with Gasteiger partial charge in [-0.2, -0.15) is 11.8 Å². The standard InChI is InChI=1S/C9H10N2O3S/c12-3-4-15-6-7-1-2-8-9(5-7)11(13)14-10-8/h1-2,5,12H,3-4,6H2. The molecular formula is C9H10N2O3S. The van der Waals surface area contributed by atoms with E-state index >= 15 is 0 Å². The van der Waals surface area contributed by atoms with Crippen molar-refractivity contribution < 1.29 is 14.6 Å². The first-order valence-corrected chi connectivity index (χ1v) is 5.63. The van der Waals surface area contributed by atoms with E-state index in [-0.39, 0.29) is 6.61 Å². The minimum atomic E-state index is 0.168. The van der Waals surface area contributed by atoms with Crippen LogP contribution < -0.4 is 4.90 Å². The molecule has 0 atom stereocenters. The minimum absolute atomic E-state index is 0.168. The molecule has 0 amide bonds. The van der Waals surface area contributed by atoms with Crippen LogP contribution in [0.25, 0.3) is 11.0 Å². The van der Waals surface area contributed by atoms with Crippen LogP contribution in [0, 0.1) is 5.21 Å². The van der Waals surface area contributed by atoms with E-state index in [0.717, 1.165) is 11.3 Å². The molecule has 0 spiro atoms. The SMILES string of the molecule is [O-][n+]1onc2ccc(CSCCO)cc21. The first-order valence-electron chi connectivity index (χ1n) is 4.48. The van der Waals surface area contributed by atoms with Crippen LogP contribution in [0.4, 0.5) is 0 Å². The maximum absolute atomic E-state index is 11.1. The number of aromatic nitrogens is 2. The molecule has 0 aliphatic rings. The van der Waals surface area contributed by atoms with Gasteiger partial charge in [0.05, 0.1) is 6.61 Å². The van der Waals surface area contributed by atoms with Crippen molar-refractivity contribution in [1.82, 2.24) is 5.16 Å². The first kappa shape index (κ1) is 10.3. The highest BCUT2D eigenvalue weighted by molar-refractivity contribution is 7.98. The second-order valence-electron chi connectivity index (χ2n) is 3.03. The van der Waals surface area contributed by atoms with Gasteiger partial charge in [0.15, 0.2) is 0 Å². The van der Waals surface area contributed by atoms with Crippen molar-refractivity contribution in [3.8, 4) is 0 Å². The number of rotatable bonds is 4. The number of nitrogens with zero attached hydrogens (tertiary/aromatic N) is 2. The Balaban J connectivity index is 2.18. The number of hydrogen-bond acceptors (Lipinski definition) is 5. The Morgan fingerprint density at radius 1 is 1.53 bits per heavy atom. The van der Waals surface area contributed by atoms with Crippen molar-refractivity contribution in [2.45, 2.75) is 5.75 Å². The topological polar surface area (TPSA) is 73.2 Å². The lowest BCUT2D eigenvalue weighted by atomic mass is 10.2. The average molecular weight is 226 g/mol. The predicted molar refractivity (Wildman–Crippen MR) is 56.2 cm³/mol. The van der Waals surface area contributed by atoms with Crippen LogP contribution >= 0.6 is 11.8 Å². The molecule has 0 bridgehead atoms. The van der Waals surface area contributed by atoms with Gasteiger partial charge in [-0.1, -0.05) is 6.07 Å². The summed E-state index contributed by atoms with van der Waals surface area (Å²) < 4.78 is 4.46. The maximum Gasteiger partial charge on any atom is 0.248 e. The molecule has 2 aromatic rings. The second-order valence-corrected chi connectivity index (χ2v) is 4.13. The van der Waals surface area contributed by atoms with Gasteiger partial charge in [0.25, 0.3) is 0 Å². The van der Waals surface area contributed by atoms with Crippen molar-refractivity contribution >= 4 is 22.8 Å². The molecule has 0 unspecified atom stereocenters. The summed E-state index contributed by atoms with van der Waals surface area (Å²) in [6.45, 7) is 0.168. The zero-order chi connectivity index (χ0) is 10.7. The van der Waals surface area contributed by atoms with Crippen LogP contribution in [0.2, 0.25) is 0 Å². The molecule has 0 radical (unpaired) electrons. The third-order valence-electron chi connectivity index (χ3n) is 1.95. The lowest BCUT2D eigenvalue weighted by Crippen LogP contribution is -2.22. The summed E-state index contributed by atoms with van der Waals surface area (Å²) in [5.41, 5.74) is 2.02. The Kier molecular flexibility index (Phi) is 3.08. The van der Waals surface area contributed by atoms with Crippen LogP contribution in [0.3, 0.4) is 0 Å². The van der Waals surface area contributed by atoms with Crippen molar-refractivity contribution in [3.05, 3.63) is 29.0 Å². The predicted octanol–water partition coefficient (Wildman–Crippen LogP) is 0.687. The smallest absolute Gasteiger partial charge is 0.248 e. The van der Waals surface area contributed by atoms with E-state index in [1.165, 1.54) is 0 Å². The van der Waals surface area contributed by atoms with Crippen molar-refractivity contribution in [1.29, 1.82) is 0 Å².